The third-order valence-corrected chi connectivity index (χ3v) is 4.37. The van der Waals surface area contributed by atoms with Crippen LogP contribution < -0.4 is 0 Å². The first-order chi connectivity index (χ1) is 11.5. The van der Waals surface area contributed by atoms with Crippen molar-refractivity contribution in [3.8, 4) is 5.69 Å². The van der Waals surface area contributed by atoms with Crippen LogP contribution in [-0.4, -0.2) is 25.7 Å². The normalized spacial score (nSPS) is 11.5. The van der Waals surface area contributed by atoms with E-state index in [4.69, 9.17) is 12.2 Å². The summed E-state index contributed by atoms with van der Waals surface area (Å²) in [5.41, 5.74) is 5.80. The monoisotopic (exact) mass is 339 g/mol. The molecule has 3 rings (SSSR count). The lowest BCUT2D eigenvalue weighted by atomic mass is 10.2. The molecular formula is C18H21N5S. The number of benzene rings is 1. The predicted molar refractivity (Wildman–Crippen MR) is 99.8 cm³/mol. The van der Waals surface area contributed by atoms with Gasteiger partial charge >= 0.3 is 0 Å². The highest BCUT2D eigenvalue weighted by molar-refractivity contribution is 7.71. The molecule has 1 aromatic carbocycles. The predicted octanol–water partition coefficient (Wildman–Crippen LogP) is 4.10. The number of nitrogens with zero attached hydrogens (tertiary/aromatic N) is 4. The van der Waals surface area contributed by atoms with Crippen LogP contribution in [0, 0.1) is 25.5 Å². The number of hydrogen-bond acceptors (Lipinski definition) is 3. The van der Waals surface area contributed by atoms with Crippen LogP contribution >= 0.6 is 12.2 Å². The maximum atomic E-state index is 5.23. The van der Waals surface area contributed by atoms with Crippen molar-refractivity contribution >= 4 is 18.4 Å². The topological polar surface area (TPSA) is 50.9 Å². The van der Waals surface area contributed by atoms with E-state index in [1.807, 2.05) is 13.1 Å². The molecule has 0 saturated heterocycles. The SMILES string of the molecule is CCc1n[nH]c(=S)n1/N=C/c1cc(C)n(-c2ccc(C)cc2)c1C. The molecular weight excluding hydrogens is 318 g/mol. The molecule has 2 aromatic heterocycles. The zero-order valence-corrected chi connectivity index (χ0v) is 15.2. The molecule has 6 heteroatoms. The summed E-state index contributed by atoms with van der Waals surface area (Å²) >= 11 is 5.23. The van der Waals surface area contributed by atoms with Crippen LogP contribution in [0.5, 0.6) is 0 Å². The smallest absolute Gasteiger partial charge is 0.216 e. The Morgan fingerprint density at radius 3 is 2.58 bits per heavy atom. The lowest BCUT2D eigenvalue weighted by molar-refractivity contribution is 0.780. The molecule has 0 aliphatic rings. The maximum absolute atomic E-state index is 5.23. The van der Waals surface area contributed by atoms with Gasteiger partial charge in [-0.2, -0.15) is 14.9 Å². The summed E-state index contributed by atoms with van der Waals surface area (Å²) in [5, 5.41) is 11.5. The van der Waals surface area contributed by atoms with Gasteiger partial charge in [-0.15, -0.1) is 0 Å². The van der Waals surface area contributed by atoms with Crippen LogP contribution in [0.2, 0.25) is 0 Å². The minimum atomic E-state index is 0.510. The van der Waals surface area contributed by atoms with E-state index < -0.39 is 0 Å². The summed E-state index contributed by atoms with van der Waals surface area (Å²) in [7, 11) is 0. The second kappa shape index (κ2) is 6.57. The number of hydrogen-bond donors (Lipinski definition) is 1. The fourth-order valence-corrected chi connectivity index (χ4v) is 3.00. The molecule has 5 nitrogen and oxygen atoms in total. The lowest BCUT2D eigenvalue weighted by Crippen LogP contribution is -2.00. The van der Waals surface area contributed by atoms with E-state index in [1.165, 1.54) is 11.3 Å². The summed E-state index contributed by atoms with van der Waals surface area (Å²) in [4.78, 5) is 0. The largest absolute Gasteiger partial charge is 0.318 e. The Balaban J connectivity index is 2.00. The van der Waals surface area contributed by atoms with Crippen LogP contribution in [0.4, 0.5) is 0 Å². The zero-order chi connectivity index (χ0) is 17.3. The number of aromatic amines is 1. The molecule has 0 saturated carbocycles. The summed E-state index contributed by atoms with van der Waals surface area (Å²) < 4.78 is 4.42. The highest BCUT2D eigenvalue weighted by atomic mass is 32.1. The standard InChI is InChI=1S/C18H21N5S/c1-5-17-20-21-18(24)23(17)19-11-15-10-13(3)22(14(15)4)16-8-6-12(2)7-9-16/h6-11H,5H2,1-4H3,(H,21,24)/b19-11+. The number of aromatic nitrogens is 4. The van der Waals surface area contributed by atoms with Crippen LogP contribution in [0.15, 0.2) is 35.4 Å². The molecule has 0 unspecified atom stereocenters. The molecule has 0 amide bonds. The highest BCUT2D eigenvalue weighted by Crippen LogP contribution is 2.20. The van der Waals surface area contributed by atoms with Gasteiger partial charge in [-0.25, -0.2) is 0 Å². The Bertz CT molecular complexity index is 941. The van der Waals surface area contributed by atoms with Crippen LogP contribution in [0.1, 0.15) is 35.3 Å². The molecule has 24 heavy (non-hydrogen) atoms. The van der Waals surface area contributed by atoms with Gasteiger partial charge in [0.25, 0.3) is 0 Å². The van der Waals surface area contributed by atoms with E-state index in [0.717, 1.165) is 29.2 Å². The second-order valence-corrected chi connectivity index (χ2v) is 6.24. The van der Waals surface area contributed by atoms with Crippen molar-refractivity contribution in [3.63, 3.8) is 0 Å². The molecule has 2 heterocycles. The van der Waals surface area contributed by atoms with Gasteiger partial charge in [0.2, 0.25) is 4.77 Å². The molecule has 3 aromatic rings. The van der Waals surface area contributed by atoms with Crippen molar-refractivity contribution in [1.29, 1.82) is 0 Å². The summed E-state index contributed by atoms with van der Waals surface area (Å²) in [5.74, 6) is 0.823. The quantitative estimate of drug-likeness (QED) is 0.575. The van der Waals surface area contributed by atoms with Gasteiger partial charge in [-0.05, 0) is 51.2 Å². The number of aryl methyl sites for hydroxylation is 3. The molecule has 0 fully saturated rings. The molecule has 0 spiro atoms. The summed E-state index contributed by atoms with van der Waals surface area (Å²) in [6, 6.07) is 10.7. The average Bonchev–Trinajstić information content (AvgIpc) is 3.06. The van der Waals surface area contributed by atoms with Gasteiger partial charge in [0.05, 0.1) is 6.21 Å². The van der Waals surface area contributed by atoms with Gasteiger partial charge in [0.1, 0.15) is 0 Å². The molecule has 0 aliphatic carbocycles. The Hall–Kier alpha value is -2.47. The van der Waals surface area contributed by atoms with Gasteiger partial charge in [-0.3, -0.25) is 5.10 Å². The zero-order valence-electron chi connectivity index (χ0n) is 14.4. The van der Waals surface area contributed by atoms with E-state index in [9.17, 15) is 0 Å². The average molecular weight is 339 g/mol. The summed E-state index contributed by atoms with van der Waals surface area (Å²) in [6.45, 7) is 8.33. The fourth-order valence-electron chi connectivity index (χ4n) is 2.80. The van der Waals surface area contributed by atoms with Gasteiger partial charge < -0.3 is 4.57 Å². The number of H-pyrrole nitrogens is 1. The molecule has 0 bridgehead atoms. The molecule has 0 atom stereocenters. The molecule has 0 aliphatic heterocycles. The van der Waals surface area contributed by atoms with Crippen LogP contribution in [0.3, 0.4) is 0 Å². The van der Waals surface area contributed by atoms with Crippen LogP contribution in [0.25, 0.3) is 5.69 Å². The minimum absolute atomic E-state index is 0.510. The maximum Gasteiger partial charge on any atom is 0.216 e. The van der Waals surface area contributed by atoms with E-state index in [0.29, 0.717) is 4.77 Å². The van der Waals surface area contributed by atoms with Crippen molar-refractivity contribution in [3.05, 3.63) is 63.4 Å². The van der Waals surface area contributed by atoms with Crippen LogP contribution in [-0.2, 0) is 6.42 Å². The number of rotatable bonds is 4. The molecule has 124 valence electrons. The Labute approximate surface area is 146 Å². The summed E-state index contributed by atoms with van der Waals surface area (Å²) in [6.07, 6.45) is 2.62. The van der Waals surface area contributed by atoms with Crippen molar-refractivity contribution in [2.75, 3.05) is 0 Å². The van der Waals surface area contributed by atoms with E-state index in [-0.39, 0.29) is 0 Å². The first-order valence-corrected chi connectivity index (χ1v) is 8.38. The molecule has 1 N–H and O–H groups in total. The van der Waals surface area contributed by atoms with Gasteiger partial charge in [0, 0.05) is 29.1 Å². The first kappa shape index (κ1) is 16.4. The number of nitrogens with one attached hydrogen (secondary N) is 1. The van der Waals surface area contributed by atoms with Crippen molar-refractivity contribution < 1.29 is 0 Å². The Kier molecular flexibility index (Phi) is 4.49. The Morgan fingerprint density at radius 1 is 1.21 bits per heavy atom. The van der Waals surface area contributed by atoms with E-state index in [1.54, 1.807) is 4.68 Å². The highest BCUT2D eigenvalue weighted by Gasteiger charge is 2.10. The Morgan fingerprint density at radius 2 is 1.92 bits per heavy atom. The van der Waals surface area contributed by atoms with Crippen molar-refractivity contribution in [1.82, 2.24) is 19.4 Å². The second-order valence-electron chi connectivity index (χ2n) is 5.85. The minimum Gasteiger partial charge on any atom is -0.318 e. The third-order valence-electron chi connectivity index (χ3n) is 4.11. The van der Waals surface area contributed by atoms with Crippen molar-refractivity contribution in [2.45, 2.75) is 34.1 Å². The lowest BCUT2D eigenvalue weighted by Gasteiger charge is -2.09. The third kappa shape index (κ3) is 2.97. The fraction of sp³-hybridized carbons (Fsp3) is 0.278. The van der Waals surface area contributed by atoms with E-state index in [2.05, 4.69) is 71.0 Å². The van der Waals surface area contributed by atoms with Crippen molar-refractivity contribution in [2.24, 2.45) is 5.10 Å². The first-order valence-electron chi connectivity index (χ1n) is 7.98. The van der Waals surface area contributed by atoms with E-state index >= 15 is 0 Å². The molecule has 0 radical (unpaired) electrons. The van der Waals surface area contributed by atoms with Gasteiger partial charge in [0.15, 0.2) is 5.82 Å². The van der Waals surface area contributed by atoms with Gasteiger partial charge in [-0.1, -0.05) is 24.6 Å².